The van der Waals surface area contributed by atoms with E-state index in [2.05, 4.69) is 4.57 Å². The van der Waals surface area contributed by atoms with Gasteiger partial charge >= 0.3 is 5.97 Å². The first kappa shape index (κ1) is 23.2. The van der Waals surface area contributed by atoms with Crippen molar-refractivity contribution in [3.8, 4) is 0 Å². The fourth-order valence-electron chi connectivity index (χ4n) is 3.64. The Hall–Kier alpha value is -2.49. The molecule has 2 aromatic rings. The molecular weight excluding hydrogens is 420 g/mol. The third-order valence-corrected chi connectivity index (χ3v) is 7.28. The highest BCUT2D eigenvalue weighted by atomic mass is 32.2. The fourth-order valence-corrected chi connectivity index (χ4v) is 4.59. The minimum absolute atomic E-state index is 0.0176. The van der Waals surface area contributed by atoms with E-state index in [1.54, 1.807) is 6.07 Å². The Balaban J connectivity index is 1.68. The summed E-state index contributed by atoms with van der Waals surface area (Å²) in [5.41, 5.74) is 2.34. The second-order valence-electron chi connectivity index (χ2n) is 7.85. The molecule has 0 spiro atoms. The predicted molar refractivity (Wildman–Crippen MR) is 115 cm³/mol. The monoisotopic (exact) mass is 448 g/mol. The average molecular weight is 449 g/mol. The third-order valence-electron chi connectivity index (χ3n) is 5.47. The Kier molecular flexibility index (Phi) is 6.98. The lowest BCUT2D eigenvalue weighted by Gasteiger charge is -2.14. The molecule has 0 bridgehead atoms. The number of carbonyl (C=O) groups is 2. The van der Waals surface area contributed by atoms with Crippen LogP contribution in [0.4, 0.5) is 0 Å². The van der Waals surface area contributed by atoms with Gasteiger partial charge < -0.3 is 14.0 Å². The zero-order valence-electron chi connectivity index (χ0n) is 18.3. The van der Waals surface area contributed by atoms with Gasteiger partial charge in [0.15, 0.2) is 6.61 Å². The third kappa shape index (κ3) is 5.06. The van der Waals surface area contributed by atoms with Gasteiger partial charge in [-0.1, -0.05) is 6.07 Å². The topological polar surface area (TPSA) is 94.9 Å². The molecule has 1 saturated heterocycles. The normalized spacial score (nSPS) is 16.6. The second kappa shape index (κ2) is 9.33. The number of carbonyl (C=O) groups excluding carboxylic acids is 2. The van der Waals surface area contributed by atoms with Gasteiger partial charge in [0, 0.05) is 44.2 Å². The van der Waals surface area contributed by atoms with Crippen molar-refractivity contribution in [2.24, 2.45) is 0 Å². The van der Waals surface area contributed by atoms with Crippen LogP contribution in [0, 0.1) is 13.8 Å². The number of ketones is 1. The molecule has 168 valence electrons. The molecule has 0 aliphatic carbocycles. The van der Waals surface area contributed by atoms with Crippen LogP contribution in [0.2, 0.25) is 0 Å². The van der Waals surface area contributed by atoms with Crippen molar-refractivity contribution in [3.05, 3.63) is 52.8 Å². The van der Waals surface area contributed by atoms with Crippen molar-refractivity contribution in [2.75, 3.05) is 27.3 Å². The van der Waals surface area contributed by atoms with Crippen LogP contribution < -0.4 is 0 Å². The van der Waals surface area contributed by atoms with E-state index in [1.807, 2.05) is 13.8 Å². The van der Waals surface area contributed by atoms with Crippen LogP contribution in [0.25, 0.3) is 0 Å². The number of aryl methyl sites for hydroxylation is 1. The van der Waals surface area contributed by atoms with Crippen molar-refractivity contribution < 1.29 is 27.5 Å². The Morgan fingerprint density at radius 3 is 2.61 bits per heavy atom. The SMILES string of the molecule is Cc1cc(C(=O)COC(=O)c2cccc(S(=O)(=O)N(C)C)c2)c(C)n1C[C@@H]1CCCO1. The molecule has 1 aromatic carbocycles. The average Bonchev–Trinajstić information content (AvgIpc) is 3.35. The maximum atomic E-state index is 12.7. The smallest absolute Gasteiger partial charge is 0.338 e. The van der Waals surface area contributed by atoms with Crippen LogP contribution in [-0.2, 0) is 26.0 Å². The van der Waals surface area contributed by atoms with Crippen molar-refractivity contribution in [1.29, 1.82) is 0 Å². The number of nitrogens with zero attached hydrogens (tertiary/aromatic N) is 2. The Morgan fingerprint density at radius 1 is 1.23 bits per heavy atom. The lowest BCUT2D eigenvalue weighted by atomic mass is 10.1. The molecule has 1 aromatic heterocycles. The number of Topliss-reactive ketones (excluding diaryl/α,β-unsaturated/α-hetero) is 1. The van der Waals surface area contributed by atoms with Gasteiger partial charge in [-0.2, -0.15) is 0 Å². The van der Waals surface area contributed by atoms with Crippen LogP contribution in [-0.4, -0.2) is 62.5 Å². The van der Waals surface area contributed by atoms with E-state index in [4.69, 9.17) is 9.47 Å². The standard InChI is InChI=1S/C22H28N2O6S/c1-15-11-20(16(2)24(15)13-18-8-6-10-29-18)21(25)14-30-22(26)17-7-5-9-19(12-17)31(27,28)23(3)4/h5,7,9,11-12,18H,6,8,10,13-14H2,1-4H3/t18-/m0/s1. The molecule has 0 saturated carbocycles. The molecule has 1 aliphatic rings. The summed E-state index contributed by atoms with van der Waals surface area (Å²) in [5, 5.41) is 0. The summed E-state index contributed by atoms with van der Waals surface area (Å²) in [6, 6.07) is 7.36. The maximum absolute atomic E-state index is 12.7. The summed E-state index contributed by atoms with van der Waals surface area (Å²) in [6.45, 7) is 4.84. The van der Waals surface area contributed by atoms with Gasteiger partial charge in [-0.3, -0.25) is 4.79 Å². The Bertz CT molecular complexity index is 1080. The molecule has 0 N–H and O–H groups in total. The summed E-state index contributed by atoms with van der Waals surface area (Å²) in [6.07, 6.45) is 2.19. The van der Waals surface area contributed by atoms with Gasteiger partial charge in [-0.15, -0.1) is 0 Å². The Morgan fingerprint density at radius 2 is 1.97 bits per heavy atom. The van der Waals surface area contributed by atoms with E-state index >= 15 is 0 Å². The first-order chi connectivity index (χ1) is 14.6. The van der Waals surface area contributed by atoms with Gasteiger partial charge in [-0.25, -0.2) is 17.5 Å². The van der Waals surface area contributed by atoms with E-state index in [1.165, 1.54) is 38.4 Å². The molecule has 0 amide bonds. The number of ether oxygens (including phenoxy) is 2. The highest BCUT2D eigenvalue weighted by Gasteiger charge is 2.23. The van der Waals surface area contributed by atoms with Crippen molar-refractivity contribution >= 4 is 21.8 Å². The molecule has 8 nitrogen and oxygen atoms in total. The van der Waals surface area contributed by atoms with Crippen LogP contribution in [0.1, 0.15) is 44.9 Å². The summed E-state index contributed by atoms with van der Waals surface area (Å²) in [4.78, 5) is 25.1. The number of esters is 1. The van der Waals surface area contributed by atoms with E-state index in [9.17, 15) is 18.0 Å². The van der Waals surface area contributed by atoms with Crippen LogP contribution >= 0.6 is 0 Å². The summed E-state index contributed by atoms with van der Waals surface area (Å²) in [7, 11) is -0.857. The highest BCUT2D eigenvalue weighted by molar-refractivity contribution is 7.89. The van der Waals surface area contributed by atoms with E-state index < -0.39 is 22.6 Å². The summed E-state index contributed by atoms with van der Waals surface area (Å²) in [5.74, 6) is -1.06. The lowest BCUT2D eigenvalue weighted by Crippen LogP contribution is -2.22. The molecular formula is C22H28N2O6S. The maximum Gasteiger partial charge on any atom is 0.338 e. The molecule has 0 unspecified atom stereocenters. The lowest BCUT2D eigenvalue weighted by molar-refractivity contribution is 0.0474. The minimum atomic E-state index is -3.68. The Labute approximate surface area is 182 Å². The van der Waals surface area contributed by atoms with E-state index in [0.29, 0.717) is 12.1 Å². The first-order valence-corrected chi connectivity index (χ1v) is 11.6. The van der Waals surface area contributed by atoms with Gasteiger partial charge in [0.25, 0.3) is 0 Å². The van der Waals surface area contributed by atoms with Crippen LogP contribution in [0.15, 0.2) is 35.2 Å². The minimum Gasteiger partial charge on any atom is -0.454 e. The van der Waals surface area contributed by atoms with Gasteiger partial charge in [0.1, 0.15) is 0 Å². The highest BCUT2D eigenvalue weighted by Crippen LogP contribution is 2.21. The van der Waals surface area contributed by atoms with Gasteiger partial charge in [0.05, 0.1) is 16.6 Å². The molecule has 1 fully saturated rings. The van der Waals surface area contributed by atoms with E-state index in [-0.39, 0.29) is 22.3 Å². The van der Waals surface area contributed by atoms with Gasteiger partial charge in [0.2, 0.25) is 15.8 Å². The number of rotatable bonds is 8. The molecule has 2 heterocycles. The van der Waals surface area contributed by atoms with Crippen LogP contribution in [0.5, 0.6) is 0 Å². The number of benzene rings is 1. The number of hydrogen-bond donors (Lipinski definition) is 0. The van der Waals surface area contributed by atoms with Crippen molar-refractivity contribution in [3.63, 3.8) is 0 Å². The van der Waals surface area contributed by atoms with Crippen molar-refractivity contribution in [1.82, 2.24) is 8.87 Å². The first-order valence-electron chi connectivity index (χ1n) is 10.1. The number of aromatic nitrogens is 1. The quantitative estimate of drug-likeness (QED) is 0.455. The molecule has 3 rings (SSSR count). The summed E-state index contributed by atoms with van der Waals surface area (Å²) < 4.78 is 38.5. The molecule has 31 heavy (non-hydrogen) atoms. The predicted octanol–water partition coefficient (Wildman–Crippen LogP) is 2.57. The fraction of sp³-hybridized carbons (Fsp3) is 0.455. The zero-order valence-corrected chi connectivity index (χ0v) is 19.1. The largest absolute Gasteiger partial charge is 0.454 e. The van der Waals surface area contributed by atoms with Crippen molar-refractivity contribution in [2.45, 2.75) is 44.2 Å². The molecule has 1 aliphatic heterocycles. The number of sulfonamides is 1. The molecule has 1 atom stereocenters. The molecule has 0 radical (unpaired) electrons. The van der Waals surface area contributed by atoms with E-state index in [0.717, 1.165) is 35.1 Å². The molecule has 9 heteroatoms. The van der Waals surface area contributed by atoms with Crippen LogP contribution in [0.3, 0.4) is 0 Å². The number of hydrogen-bond acceptors (Lipinski definition) is 6. The van der Waals surface area contributed by atoms with Gasteiger partial charge in [-0.05, 0) is 51.0 Å². The second-order valence-corrected chi connectivity index (χ2v) is 10.00. The zero-order chi connectivity index (χ0) is 22.8. The summed E-state index contributed by atoms with van der Waals surface area (Å²) >= 11 is 0.